The van der Waals surface area contributed by atoms with Gasteiger partial charge in [0.1, 0.15) is 5.75 Å². The molecule has 0 heterocycles. The van der Waals surface area contributed by atoms with Crippen molar-refractivity contribution in [3.8, 4) is 5.75 Å². The number of benzene rings is 2. The summed E-state index contributed by atoms with van der Waals surface area (Å²) in [5, 5.41) is 3.61. The quantitative estimate of drug-likeness (QED) is 0.703. The van der Waals surface area contributed by atoms with Crippen molar-refractivity contribution in [2.75, 3.05) is 13.2 Å². The first-order valence-corrected chi connectivity index (χ1v) is 8.66. The van der Waals surface area contributed by atoms with Crippen LogP contribution >= 0.6 is 0 Å². The normalized spacial score (nSPS) is 12.3. The predicted molar refractivity (Wildman–Crippen MR) is 98.0 cm³/mol. The third-order valence-electron chi connectivity index (χ3n) is 4.05. The first-order valence-electron chi connectivity index (χ1n) is 8.66. The first-order chi connectivity index (χ1) is 11.2. The molecule has 124 valence electrons. The molecule has 2 rings (SSSR count). The summed E-state index contributed by atoms with van der Waals surface area (Å²) < 4.78 is 5.99. The fourth-order valence-electron chi connectivity index (χ4n) is 2.56. The van der Waals surface area contributed by atoms with Crippen molar-refractivity contribution >= 4 is 0 Å². The Bertz CT molecular complexity index is 565. The summed E-state index contributed by atoms with van der Waals surface area (Å²) in [5.41, 5.74) is 2.61. The van der Waals surface area contributed by atoms with Crippen LogP contribution < -0.4 is 10.1 Å². The summed E-state index contributed by atoms with van der Waals surface area (Å²) in [6.07, 6.45) is 2.13. The number of para-hydroxylation sites is 1. The molecule has 0 radical (unpaired) electrons. The van der Waals surface area contributed by atoms with Crippen molar-refractivity contribution in [2.24, 2.45) is 5.92 Å². The molecule has 1 N–H and O–H groups in total. The van der Waals surface area contributed by atoms with Crippen LogP contribution in [-0.4, -0.2) is 13.2 Å². The number of hydrogen-bond donors (Lipinski definition) is 1. The van der Waals surface area contributed by atoms with Crippen LogP contribution in [0.25, 0.3) is 0 Å². The van der Waals surface area contributed by atoms with Crippen molar-refractivity contribution in [3.63, 3.8) is 0 Å². The molecule has 1 unspecified atom stereocenters. The summed E-state index contributed by atoms with van der Waals surface area (Å²) in [6, 6.07) is 19.2. The monoisotopic (exact) mass is 311 g/mol. The van der Waals surface area contributed by atoms with Crippen LogP contribution in [0.3, 0.4) is 0 Å². The zero-order valence-electron chi connectivity index (χ0n) is 14.6. The van der Waals surface area contributed by atoms with Crippen molar-refractivity contribution in [1.82, 2.24) is 5.32 Å². The maximum absolute atomic E-state index is 5.99. The van der Waals surface area contributed by atoms with Gasteiger partial charge in [-0.15, -0.1) is 0 Å². The molecular weight excluding hydrogens is 282 g/mol. The van der Waals surface area contributed by atoms with Crippen LogP contribution in [0.5, 0.6) is 5.75 Å². The average Bonchev–Trinajstić information content (AvgIpc) is 2.56. The van der Waals surface area contributed by atoms with Gasteiger partial charge in [0.15, 0.2) is 0 Å². The van der Waals surface area contributed by atoms with Crippen LogP contribution in [0.2, 0.25) is 0 Å². The van der Waals surface area contributed by atoms with E-state index in [0.717, 1.165) is 31.7 Å². The van der Waals surface area contributed by atoms with E-state index in [0.29, 0.717) is 5.92 Å². The molecule has 0 saturated heterocycles. The molecule has 2 heteroatoms. The molecule has 2 aromatic carbocycles. The van der Waals surface area contributed by atoms with Gasteiger partial charge >= 0.3 is 0 Å². The molecule has 1 atom stereocenters. The molecule has 0 amide bonds. The predicted octanol–water partition coefficient (Wildman–Crippen LogP) is 5.00. The lowest BCUT2D eigenvalue weighted by atomic mass is 10.1. The van der Waals surface area contributed by atoms with Crippen molar-refractivity contribution in [2.45, 2.75) is 39.7 Å². The third kappa shape index (κ3) is 6.07. The highest BCUT2D eigenvalue weighted by molar-refractivity contribution is 5.35. The second kappa shape index (κ2) is 9.36. The molecule has 0 saturated carbocycles. The molecule has 2 aromatic rings. The molecular formula is C21H29NO. The molecule has 0 fully saturated rings. The van der Waals surface area contributed by atoms with Gasteiger partial charge < -0.3 is 10.1 Å². The van der Waals surface area contributed by atoms with Crippen LogP contribution in [0.1, 0.15) is 44.4 Å². The van der Waals surface area contributed by atoms with Gasteiger partial charge in [-0.1, -0.05) is 62.4 Å². The Labute approximate surface area is 140 Å². The Kier molecular flexibility index (Phi) is 7.15. The highest BCUT2D eigenvalue weighted by atomic mass is 16.5. The number of ether oxygens (including phenoxy) is 1. The fourth-order valence-corrected chi connectivity index (χ4v) is 2.56. The molecule has 0 aliphatic heterocycles. The molecule has 0 aromatic heterocycles. The lowest BCUT2D eigenvalue weighted by molar-refractivity contribution is 0.284. The maximum atomic E-state index is 5.99. The highest BCUT2D eigenvalue weighted by Gasteiger charge is 2.10. The highest BCUT2D eigenvalue weighted by Crippen LogP contribution is 2.25. The average molecular weight is 311 g/mol. The first kappa shape index (κ1) is 17.6. The SMILES string of the molecule is CC(C)CCOc1ccccc1C(C)NCCc1ccccc1. The molecule has 23 heavy (non-hydrogen) atoms. The zero-order chi connectivity index (χ0) is 16.5. The topological polar surface area (TPSA) is 21.3 Å². The minimum Gasteiger partial charge on any atom is -0.493 e. The third-order valence-corrected chi connectivity index (χ3v) is 4.05. The Balaban J connectivity index is 1.87. The molecule has 0 aliphatic rings. The van der Waals surface area contributed by atoms with Crippen molar-refractivity contribution in [1.29, 1.82) is 0 Å². The summed E-state index contributed by atoms with van der Waals surface area (Å²) >= 11 is 0. The standard InChI is InChI=1S/C21H29NO/c1-17(2)14-16-23-21-12-8-7-11-20(21)18(3)22-15-13-19-9-5-4-6-10-19/h4-12,17-18,22H,13-16H2,1-3H3. The Morgan fingerprint density at radius 1 is 0.913 bits per heavy atom. The molecule has 2 nitrogen and oxygen atoms in total. The van der Waals surface area contributed by atoms with Gasteiger partial charge in [0.2, 0.25) is 0 Å². The van der Waals surface area contributed by atoms with Gasteiger partial charge in [-0.05, 0) is 43.9 Å². The molecule has 0 bridgehead atoms. The van der Waals surface area contributed by atoms with Crippen LogP contribution in [0.4, 0.5) is 0 Å². The van der Waals surface area contributed by atoms with Gasteiger partial charge in [0.25, 0.3) is 0 Å². The lowest BCUT2D eigenvalue weighted by Gasteiger charge is -2.19. The summed E-state index contributed by atoms with van der Waals surface area (Å²) in [7, 11) is 0. The van der Waals surface area contributed by atoms with E-state index < -0.39 is 0 Å². The summed E-state index contributed by atoms with van der Waals surface area (Å²) in [5.74, 6) is 1.68. The number of nitrogens with one attached hydrogen (secondary N) is 1. The van der Waals surface area contributed by atoms with Crippen LogP contribution in [0.15, 0.2) is 54.6 Å². The van der Waals surface area contributed by atoms with E-state index in [4.69, 9.17) is 4.74 Å². The zero-order valence-corrected chi connectivity index (χ0v) is 14.6. The van der Waals surface area contributed by atoms with Gasteiger partial charge in [0.05, 0.1) is 6.61 Å². The van der Waals surface area contributed by atoms with Crippen LogP contribution in [0, 0.1) is 5.92 Å². The Morgan fingerprint density at radius 3 is 2.35 bits per heavy atom. The second-order valence-electron chi connectivity index (χ2n) is 6.48. The van der Waals surface area contributed by atoms with E-state index >= 15 is 0 Å². The van der Waals surface area contributed by atoms with Crippen molar-refractivity contribution < 1.29 is 4.74 Å². The lowest BCUT2D eigenvalue weighted by Crippen LogP contribution is -2.22. The minimum absolute atomic E-state index is 0.286. The van der Waals surface area contributed by atoms with E-state index in [1.165, 1.54) is 11.1 Å². The van der Waals surface area contributed by atoms with E-state index in [1.807, 2.05) is 6.07 Å². The summed E-state index contributed by atoms with van der Waals surface area (Å²) in [6.45, 7) is 8.40. The molecule has 0 spiro atoms. The number of hydrogen-bond acceptors (Lipinski definition) is 2. The van der Waals surface area contributed by atoms with Gasteiger partial charge in [0, 0.05) is 11.6 Å². The fraction of sp³-hybridized carbons (Fsp3) is 0.429. The second-order valence-corrected chi connectivity index (χ2v) is 6.48. The number of rotatable bonds is 9. The largest absolute Gasteiger partial charge is 0.493 e. The minimum atomic E-state index is 0.286. The smallest absolute Gasteiger partial charge is 0.124 e. The Hall–Kier alpha value is -1.80. The van der Waals surface area contributed by atoms with Gasteiger partial charge in [-0.2, -0.15) is 0 Å². The van der Waals surface area contributed by atoms with E-state index in [1.54, 1.807) is 0 Å². The van der Waals surface area contributed by atoms with E-state index in [2.05, 4.69) is 74.6 Å². The summed E-state index contributed by atoms with van der Waals surface area (Å²) in [4.78, 5) is 0. The molecule has 0 aliphatic carbocycles. The van der Waals surface area contributed by atoms with Crippen molar-refractivity contribution in [3.05, 3.63) is 65.7 Å². The van der Waals surface area contributed by atoms with E-state index in [-0.39, 0.29) is 6.04 Å². The van der Waals surface area contributed by atoms with Crippen LogP contribution in [-0.2, 0) is 6.42 Å². The van der Waals surface area contributed by atoms with E-state index in [9.17, 15) is 0 Å². The van der Waals surface area contributed by atoms with Gasteiger partial charge in [-0.3, -0.25) is 0 Å². The maximum Gasteiger partial charge on any atom is 0.124 e. The van der Waals surface area contributed by atoms with Gasteiger partial charge in [-0.25, -0.2) is 0 Å². The Morgan fingerprint density at radius 2 is 1.61 bits per heavy atom.